The van der Waals surface area contributed by atoms with Crippen LogP contribution in [0.15, 0.2) is 53.4 Å². The van der Waals surface area contributed by atoms with E-state index in [0.717, 1.165) is 27.9 Å². The number of hydrogen-bond donors (Lipinski definition) is 1. The average Bonchev–Trinajstić information content (AvgIpc) is 2.76. The molecule has 0 unspecified atom stereocenters. The Hall–Kier alpha value is -2.73. The number of hydrogen-bond acceptors (Lipinski definition) is 4. The van der Waals surface area contributed by atoms with Gasteiger partial charge < -0.3 is 10.0 Å². The second-order valence-electron chi connectivity index (χ2n) is 8.92. The number of aliphatic hydroxyl groups is 1. The third-order valence-corrected chi connectivity index (χ3v) is 8.00. The summed E-state index contributed by atoms with van der Waals surface area (Å²) in [5.41, 5.74) is 1.80. The highest BCUT2D eigenvalue weighted by atomic mass is 32.2. The molecule has 2 fully saturated rings. The number of rotatable bonds is 5. The Kier molecular flexibility index (Phi) is 6.57. The molecular weight excluding hydrogens is 443 g/mol. The highest BCUT2D eigenvalue weighted by Gasteiger charge is 2.55. The standard InChI is InChI=1S/C25H27FN2O4S/c1-17(2)5-3-6-18-9-11-19(12-10-18)25-22-14-27(15-24(30)28(22)23(25)16-29)33(31,32)21-8-4-7-20(26)13-21/h4,7-13,17,22-23,25,29H,5,14-16H2,1-2H3/t22-,23+,25+/m1/s1. The smallest absolute Gasteiger partial charge is 0.243 e. The van der Waals surface area contributed by atoms with Gasteiger partial charge in [-0.1, -0.05) is 43.9 Å². The Bertz CT molecular complexity index is 1200. The van der Waals surface area contributed by atoms with Crippen LogP contribution >= 0.6 is 0 Å². The monoisotopic (exact) mass is 470 g/mol. The summed E-state index contributed by atoms with van der Waals surface area (Å²) >= 11 is 0. The lowest BCUT2D eigenvalue weighted by atomic mass is 9.74. The Labute approximate surface area is 194 Å². The van der Waals surface area contributed by atoms with Crippen LogP contribution in [0.3, 0.4) is 0 Å². The minimum absolute atomic E-state index is 0.0850. The van der Waals surface area contributed by atoms with Crippen molar-refractivity contribution < 1.29 is 22.7 Å². The Morgan fingerprint density at radius 2 is 1.91 bits per heavy atom. The maximum atomic E-state index is 13.6. The van der Waals surface area contributed by atoms with E-state index in [1.54, 1.807) is 4.90 Å². The van der Waals surface area contributed by atoms with Gasteiger partial charge in [0.2, 0.25) is 15.9 Å². The van der Waals surface area contributed by atoms with Gasteiger partial charge in [0.05, 0.1) is 30.1 Å². The molecule has 2 aromatic carbocycles. The number of aliphatic hydroxyl groups excluding tert-OH is 1. The van der Waals surface area contributed by atoms with Crippen LogP contribution in [0.4, 0.5) is 4.39 Å². The first kappa shape index (κ1) is 23.4. The van der Waals surface area contributed by atoms with Crippen molar-refractivity contribution in [2.75, 3.05) is 19.7 Å². The molecule has 8 heteroatoms. The molecule has 1 amide bonds. The molecule has 0 saturated carbocycles. The van der Waals surface area contributed by atoms with Gasteiger partial charge in [-0.25, -0.2) is 12.8 Å². The van der Waals surface area contributed by atoms with E-state index in [-0.39, 0.29) is 36.4 Å². The molecule has 2 heterocycles. The van der Waals surface area contributed by atoms with Crippen molar-refractivity contribution >= 4 is 15.9 Å². The Morgan fingerprint density at radius 3 is 2.55 bits per heavy atom. The normalized spacial score (nSPS) is 23.0. The van der Waals surface area contributed by atoms with Crippen molar-refractivity contribution in [1.29, 1.82) is 0 Å². The third-order valence-electron chi connectivity index (χ3n) is 6.19. The zero-order valence-corrected chi connectivity index (χ0v) is 19.4. The van der Waals surface area contributed by atoms with Crippen molar-refractivity contribution in [3.63, 3.8) is 0 Å². The minimum Gasteiger partial charge on any atom is -0.394 e. The summed E-state index contributed by atoms with van der Waals surface area (Å²) in [6, 6.07) is 11.7. The molecule has 33 heavy (non-hydrogen) atoms. The second-order valence-corrected chi connectivity index (χ2v) is 10.9. The number of piperazine rings is 1. The zero-order chi connectivity index (χ0) is 23.8. The number of carbonyl (C=O) groups is 1. The lowest BCUT2D eigenvalue weighted by molar-refractivity contribution is -0.158. The molecule has 6 nitrogen and oxygen atoms in total. The van der Waals surface area contributed by atoms with Gasteiger partial charge in [-0.2, -0.15) is 4.31 Å². The molecule has 0 spiro atoms. The topological polar surface area (TPSA) is 77.9 Å². The van der Waals surface area contributed by atoms with Crippen molar-refractivity contribution in [3.8, 4) is 11.8 Å². The van der Waals surface area contributed by atoms with E-state index in [2.05, 4.69) is 25.7 Å². The molecule has 3 atom stereocenters. The summed E-state index contributed by atoms with van der Waals surface area (Å²) in [6.07, 6.45) is 0.811. The molecule has 0 radical (unpaired) electrons. The highest BCUT2D eigenvalue weighted by molar-refractivity contribution is 7.89. The van der Waals surface area contributed by atoms with Gasteiger partial charge in [0.15, 0.2) is 0 Å². The first-order chi connectivity index (χ1) is 15.7. The van der Waals surface area contributed by atoms with Crippen molar-refractivity contribution in [3.05, 3.63) is 65.5 Å². The summed E-state index contributed by atoms with van der Waals surface area (Å²) in [6.45, 7) is 3.76. The van der Waals surface area contributed by atoms with Gasteiger partial charge in [0.25, 0.3) is 0 Å². The van der Waals surface area contributed by atoms with Crippen molar-refractivity contribution in [1.82, 2.24) is 9.21 Å². The van der Waals surface area contributed by atoms with Crippen LogP contribution in [0.1, 0.15) is 37.3 Å². The molecule has 4 rings (SSSR count). The van der Waals surface area contributed by atoms with Gasteiger partial charge in [0.1, 0.15) is 5.82 Å². The zero-order valence-electron chi connectivity index (χ0n) is 18.6. The molecule has 0 bridgehead atoms. The number of amides is 1. The van der Waals surface area contributed by atoms with E-state index in [1.165, 1.54) is 18.2 Å². The van der Waals surface area contributed by atoms with Crippen LogP contribution in [-0.4, -0.2) is 60.4 Å². The lowest BCUT2D eigenvalue weighted by Crippen LogP contribution is -2.73. The predicted octanol–water partition coefficient (Wildman–Crippen LogP) is 2.58. The third kappa shape index (κ3) is 4.54. The minimum atomic E-state index is -4.03. The van der Waals surface area contributed by atoms with Crippen LogP contribution in [0, 0.1) is 23.6 Å². The summed E-state index contributed by atoms with van der Waals surface area (Å²) in [4.78, 5) is 14.2. The van der Waals surface area contributed by atoms with E-state index < -0.39 is 27.9 Å². The molecular formula is C25H27FN2O4S. The summed E-state index contributed by atoms with van der Waals surface area (Å²) < 4.78 is 40.9. The van der Waals surface area contributed by atoms with E-state index in [9.17, 15) is 22.7 Å². The number of sulfonamides is 1. The van der Waals surface area contributed by atoms with E-state index in [1.807, 2.05) is 24.3 Å². The molecule has 2 aromatic rings. The summed E-state index contributed by atoms with van der Waals surface area (Å²) in [5, 5.41) is 9.94. The van der Waals surface area contributed by atoms with Gasteiger partial charge in [0, 0.05) is 24.4 Å². The van der Waals surface area contributed by atoms with Crippen LogP contribution in [0.5, 0.6) is 0 Å². The molecule has 174 valence electrons. The number of fused-ring (bicyclic) bond motifs is 1. The molecule has 2 saturated heterocycles. The first-order valence-electron chi connectivity index (χ1n) is 11.0. The number of benzene rings is 2. The van der Waals surface area contributed by atoms with Crippen LogP contribution in [0.2, 0.25) is 0 Å². The maximum absolute atomic E-state index is 13.6. The maximum Gasteiger partial charge on any atom is 0.243 e. The molecule has 0 aliphatic carbocycles. The molecule has 0 aromatic heterocycles. The predicted molar refractivity (Wildman–Crippen MR) is 122 cm³/mol. The van der Waals surface area contributed by atoms with Gasteiger partial charge in [-0.15, -0.1) is 0 Å². The molecule has 2 aliphatic heterocycles. The van der Waals surface area contributed by atoms with E-state index >= 15 is 0 Å². The summed E-state index contributed by atoms with van der Waals surface area (Å²) in [5.74, 6) is 5.56. The quantitative estimate of drug-likeness (QED) is 0.682. The Balaban J connectivity index is 1.57. The number of halogens is 1. The molecule has 1 N–H and O–H groups in total. The van der Waals surface area contributed by atoms with E-state index in [0.29, 0.717) is 5.92 Å². The van der Waals surface area contributed by atoms with E-state index in [4.69, 9.17) is 0 Å². The fourth-order valence-electron chi connectivity index (χ4n) is 4.58. The van der Waals surface area contributed by atoms with Crippen molar-refractivity contribution in [2.45, 2.75) is 43.2 Å². The second kappa shape index (κ2) is 9.26. The molecule has 2 aliphatic rings. The van der Waals surface area contributed by atoms with Crippen LogP contribution in [0.25, 0.3) is 0 Å². The Morgan fingerprint density at radius 1 is 1.18 bits per heavy atom. The van der Waals surface area contributed by atoms with Crippen LogP contribution < -0.4 is 0 Å². The fourth-order valence-corrected chi connectivity index (χ4v) is 6.01. The average molecular weight is 471 g/mol. The largest absolute Gasteiger partial charge is 0.394 e. The van der Waals surface area contributed by atoms with Crippen molar-refractivity contribution in [2.24, 2.45) is 5.92 Å². The van der Waals surface area contributed by atoms with Crippen LogP contribution in [-0.2, 0) is 14.8 Å². The highest BCUT2D eigenvalue weighted by Crippen LogP contribution is 2.43. The van der Waals surface area contributed by atoms with Gasteiger partial charge in [-0.05, 0) is 41.8 Å². The SMILES string of the molecule is CC(C)CC#Cc1ccc([C@H]2[C@H]3CN(S(=O)(=O)c4cccc(F)c4)CC(=O)N3[C@H]2CO)cc1. The number of carbonyl (C=O) groups excluding carboxylic acids is 1. The lowest BCUT2D eigenvalue weighted by Gasteiger charge is -2.58. The number of nitrogens with zero attached hydrogens (tertiary/aromatic N) is 2. The van der Waals surface area contributed by atoms with Gasteiger partial charge >= 0.3 is 0 Å². The fraction of sp³-hybridized carbons (Fsp3) is 0.400. The van der Waals surface area contributed by atoms with Gasteiger partial charge in [-0.3, -0.25) is 4.79 Å². The summed E-state index contributed by atoms with van der Waals surface area (Å²) in [7, 11) is -4.03. The first-order valence-corrected chi connectivity index (χ1v) is 12.4.